The predicted octanol–water partition coefficient (Wildman–Crippen LogP) is 0.647. The zero-order chi connectivity index (χ0) is 13.5. The van der Waals surface area contributed by atoms with Crippen molar-refractivity contribution >= 4 is 15.9 Å². The van der Waals surface area contributed by atoms with Crippen molar-refractivity contribution in [2.24, 2.45) is 0 Å². The van der Waals surface area contributed by atoms with Crippen LogP contribution in [-0.4, -0.2) is 36.2 Å². The molecule has 1 aromatic rings. The largest absolute Gasteiger partial charge is 0.306 e. The summed E-state index contributed by atoms with van der Waals surface area (Å²) in [5.74, 6) is 0. The lowest BCUT2D eigenvalue weighted by atomic mass is 10.2. The lowest BCUT2D eigenvalue weighted by Gasteiger charge is -2.08. The van der Waals surface area contributed by atoms with Gasteiger partial charge in [0.1, 0.15) is 0 Å². The Morgan fingerprint density at radius 3 is 2.33 bits per heavy atom. The van der Waals surface area contributed by atoms with Gasteiger partial charge in [0, 0.05) is 31.8 Å². The van der Waals surface area contributed by atoms with Crippen molar-refractivity contribution in [1.82, 2.24) is 8.77 Å². The molecule has 18 heavy (non-hydrogen) atoms. The second kappa shape index (κ2) is 4.28. The molecule has 2 unspecified atom stereocenters. The molecule has 9 heteroatoms. The van der Waals surface area contributed by atoms with E-state index in [1.54, 1.807) is 0 Å². The summed E-state index contributed by atoms with van der Waals surface area (Å²) >= 11 is 0. The predicted molar refractivity (Wildman–Crippen MR) is 61.4 cm³/mol. The Labute approximate surface area is 104 Å². The highest BCUT2D eigenvalue weighted by Gasteiger charge is 2.49. The van der Waals surface area contributed by atoms with E-state index in [1.165, 1.54) is 38.4 Å². The Hall–Kier alpha value is -1.55. The Morgan fingerprint density at radius 2 is 1.89 bits per heavy atom. The summed E-state index contributed by atoms with van der Waals surface area (Å²) in [4.78, 5) is 14.9. The zero-order valence-corrected chi connectivity index (χ0v) is 10.5. The van der Waals surface area contributed by atoms with Gasteiger partial charge in [-0.2, -0.15) is 12.7 Å². The van der Waals surface area contributed by atoms with E-state index in [1.807, 2.05) is 0 Å². The van der Waals surface area contributed by atoms with Crippen LogP contribution in [0.5, 0.6) is 0 Å². The minimum absolute atomic E-state index is 0.0542. The zero-order valence-electron chi connectivity index (χ0n) is 9.68. The van der Waals surface area contributed by atoms with Gasteiger partial charge in [0.05, 0.1) is 4.92 Å². The maximum atomic E-state index is 11.7. The first-order valence-electron chi connectivity index (χ1n) is 4.97. The first kappa shape index (κ1) is 12.9. The molecule has 0 amide bonds. The molecule has 2 atom stereocenters. The Morgan fingerprint density at radius 1 is 1.33 bits per heavy atom. The van der Waals surface area contributed by atoms with Gasteiger partial charge in [-0.3, -0.25) is 15.0 Å². The van der Waals surface area contributed by atoms with E-state index in [9.17, 15) is 18.5 Å². The van der Waals surface area contributed by atoms with Gasteiger partial charge in [-0.25, -0.2) is 0 Å². The number of benzene rings is 1. The van der Waals surface area contributed by atoms with Gasteiger partial charge in [-0.1, -0.05) is 0 Å². The van der Waals surface area contributed by atoms with E-state index in [2.05, 4.69) is 0 Å². The van der Waals surface area contributed by atoms with Gasteiger partial charge in [0.25, 0.3) is 5.69 Å². The maximum Gasteiger partial charge on any atom is 0.306 e. The molecule has 0 saturated carbocycles. The van der Waals surface area contributed by atoms with Gasteiger partial charge >= 0.3 is 10.2 Å². The summed E-state index contributed by atoms with van der Waals surface area (Å²) in [6.45, 7) is 0. The minimum Gasteiger partial charge on any atom is -0.258 e. The monoisotopic (exact) mass is 273 g/mol. The third kappa shape index (κ3) is 2.20. The maximum absolute atomic E-state index is 11.7. The summed E-state index contributed by atoms with van der Waals surface area (Å²) in [6, 6.07) is 5.54. The van der Waals surface area contributed by atoms with Crippen molar-refractivity contribution in [2.75, 3.05) is 14.1 Å². The molecule has 0 aromatic heterocycles. The van der Waals surface area contributed by atoms with Gasteiger partial charge in [0.2, 0.25) is 0 Å². The van der Waals surface area contributed by atoms with Crippen LogP contribution in [0.3, 0.4) is 0 Å². The molecule has 0 N–H and O–H groups in total. The molecule has 0 spiro atoms. The lowest BCUT2D eigenvalue weighted by molar-refractivity contribution is -0.384. The van der Waals surface area contributed by atoms with Crippen molar-refractivity contribution in [2.45, 2.75) is 6.23 Å². The Kier molecular flexibility index (Phi) is 3.07. The summed E-state index contributed by atoms with van der Waals surface area (Å²) in [5, 5.41) is 10.5. The fraction of sp³-hybridized carbons (Fsp3) is 0.333. The van der Waals surface area contributed by atoms with E-state index in [4.69, 9.17) is 4.84 Å². The van der Waals surface area contributed by atoms with Crippen LogP contribution < -0.4 is 0 Å². The van der Waals surface area contributed by atoms with Crippen LogP contribution in [0.15, 0.2) is 24.3 Å². The number of nitrogens with zero attached hydrogens (tertiary/aromatic N) is 3. The van der Waals surface area contributed by atoms with E-state index in [0.29, 0.717) is 5.56 Å². The topological polar surface area (TPSA) is 96.1 Å². The average molecular weight is 273 g/mol. The van der Waals surface area contributed by atoms with Gasteiger partial charge in [0.15, 0.2) is 6.23 Å². The highest BCUT2D eigenvalue weighted by molar-refractivity contribution is 7.86. The van der Waals surface area contributed by atoms with Crippen LogP contribution in [-0.2, 0) is 15.0 Å². The third-order valence-electron chi connectivity index (χ3n) is 2.43. The van der Waals surface area contributed by atoms with E-state index < -0.39 is 21.4 Å². The second-order valence-corrected chi connectivity index (χ2v) is 5.84. The van der Waals surface area contributed by atoms with Crippen LogP contribution in [0.25, 0.3) is 0 Å². The van der Waals surface area contributed by atoms with E-state index >= 15 is 0 Å². The SMILES string of the molecule is CN(C)S(=O)(=O)N1OC1c1ccc([N+](=O)[O-])cc1. The fourth-order valence-corrected chi connectivity index (χ4v) is 2.23. The van der Waals surface area contributed by atoms with Crippen LogP contribution in [0.4, 0.5) is 5.69 Å². The smallest absolute Gasteiger partial charge is 0.258 e. The molecule has 0 bridgehead atoms. The molecule has 8 nitrogen and oxygen atoms in total. The second-order valence-electron chi connectivity index (χ2n) is 3.85. The van der Waals surface area contributed by atoms with E-state index in [0.717, 1.165) is 8.77 Å². The molecule has 0 radical (unpaired) electrons. The molecule has 1 heterocycles. The van der Waals surface area contributed by atoms with Crippen LogP contribution >= 0.6 is 0 Å². The molecule has 1 aliphatic rings. The van der Waals surface area contributed by atoms with Crippen LogP contribution in [0.1, 0.15) is 11.8 Å². The molecular formula is C9H11N3O5S. The van der Waals surface area contributed by atoms with Crippen molar-refractivity contribution in [1.29, 1.82) is 0 Å². The molecule has 0 aliphatic carbocycles. The lowest BCUT2D eigenvalue weighted by Crippen LogP contribution is -2.28. The molecule has 1 aliphatic heterocycles. The number of rotatable bonds is 4. The number of hydroxylamine groups is 1. The number of hydrogen-bond donors (Lipinski definition) is 0. The number of nitro benzene ring substituents is 1. The van der Waals surface area contributed by atoms with Crippen molar-refractivity contribution in [3.05, 3.63) is 39.9 Å². The fourth-order valence-electron chi connectivity index (χ4n) is 1.35. The minimum atomic E-state index is -3.62. The van der Waals surface area contributed by atoms with Crippen molar-refractivity contribution in [3.63, 3.8) is 0 Å². The first-order chi connectivity index (χ1) is 8.34. The molecule has 1 aromatic carbocycles. The summed E-state index contributed by atoms with van der Waals surface area (Å²) in [5.41, 5.74) is 0.493. The van der Waals surface area contributed by atoms with Gasteiger partial charge in [-0.15, -0.1) is 0 Å². The highest BCUT2D eigenvalue weighted by Crippen LogP contribution is 2.40. The standard InChI is InChI=1S/C9H11N3O5S/c1-10(2)18(15,16)12-9(17-12)7-3-5-8(6-4-7)11(13)14/h3-6,9H,1-2H3. The van der Waals surface area contributed by atoms with Gasteiger partial charge in [-0.05, 0) is 16.6 Å². The van der Waals surface area contributed by atoms with Crippen molar-refractivity contribution < 1.29 is 18.2 Å². The molecule has 1 fully saturated rings. The molecular weight excluding hydrogens is 262 g/mol. The Balaban J connectivity index is 2.15. The normalized spacial score (nSPS) is 23.1. The van der Waals surface area contributed by atoms with Crippen LogP contribution in [0.2, 0.25) is 0 Å². The Bertz CT molecular complexity index is 568. The molecule has 2 rings (SSSR count). The highest BCUT2D eigenvalue weighted by atomic mass is 32.2. The summed E-state index contributed by atoms with van der Waals surface area (Å²) in [6.07, 6.45) is -0.710. The molecule has 98 valence electrons. The quantitative estimate of drug-likeness (QED) is 0.456. The summed E-state index contributed by atoms with van der Waals surface area (Å²) < 4.78 is 25.2. The molecule has 1 saturated heterocycles. The number of non-ortho nitro benzene ring substituents is 1. The third-order valence-corrected chi connectivity index (χ3v) is 4.08. The van der Waals surface area contributed by atoms with E-state index in [-0.39, 0.29) is 5.69 Å². The van der Waals surface area contributed by atoms with Gasteiger partial charge < -0.3 is 0 Å². The van der Waals surface area contributed by atoms with Crippen LogP contribution in [0, 0.1) is 10.1 Å². The first-order valence-corrected chi connectivity index (χ1v) is 6.37. The average Bonchev–Trinajstić information content (AvgIpc) is 3.09. The summed E-state index contributed by atoms with van der Waals surface area (Å²) in [7, 11) is -0.831. The van der Waals surface area contributed by atoms with Crippen molar-refractivity contribution in [3.8, 4) is 0 Å². The number of nitro groups is 1. The number of hydrogen-bond acceptors (Lipinski definition) is 5.